The summed E-state index contributed by atoms with van der Waals surface area (Å²) in [5.74, 6) is -0.494. The summed E-state index contributed by atoms with van der Waals surface area (Å²) >= 11 is 14.9. The average Bonchev–Trinajstić information content (AvgIpc) is 2.38. The molecule has 5 heteroatoms. The molecule has 0 fully saturated rings. The van der Waals surface area contributed by atoms with Gasteiger partial charge in [-0.05, 0) is 45.3 Å². The smallest absolute Gasteiger partial charge is 0.145 e. The maximum atomic E-state index is 13.7. The van der Waals surface area contributed by atoms with Crippen LogP contribution in [0.3, 0.4) is 0 Å². The van der Waals surface area contributed by atoms with Gasteiger partial charge in [-0.3, -0.25) is 0 Å². The lowest BCUT2D eigenvalue weighted by atomic mass is 10.0. The van der Waals surface area contributed by atoms with Crippen LogP contribution in [-0.2, 0) is 6.42 Å². The molecule has 2 aromatic rings. The van der Waals surface area contributed by atoms with E-state index in [0.29, 0.717) is 16.1 Å². The number of halogens is 4. The lowest BCUT2D eigenvalue weighted by molar-refractivity contribution is 0.177. The molecule has 1 unspecified atom stereocenters. The van der Waals surface area contributed by atoms with Gasteiger partial charge in [-0.25, -0.2) is 4.39 Å². The first kappa shape index (κ1) is 14.8. The van der Waals surface area contributed by atoms with Crippen LogP contribution in [0.25, 0.3) is 0 Å². The van der Waals surface area contributed by atoms with Crippen molar-refractivity contribution >= 4 is 39.1 Å². The highest BCUT2D eigenvalue weighted by atomic mass is 79.9. The van der Waals surface area contributed by atoms with Crippen LogP contribution in [0.4, 0.5) is 4.39 Å². The molecule has 0 aliphatic heterocycles. The summed E-state index contributed by atoms with van der Waals surface area (Å²) in [6.07, 6.45) is -0.691. The molecule has 0 saturated carbocycles. The third-order valence-electron chi connectivity index (χ3n) is 2.77. The molecule has 100 valence electrons. The molecular weight excluding hydrogens is 354 g/mol. The predicted molar refractivity (Wildman–Crippen MR) is 79.2 cm³/mol. The number of hydrogen-bond acceptors (Lipinski definition) is 1. The third-order valence-corrected chi connectivity index (χ3v) is 4.30. The van der Waals surface area contributed by atoms with E-state index in [1.54, 1.807) is 30.3 Å². The largest absolute Gasteiger partial charge is 0.388 e. The Hall–Kier alpha value is -0.610. The van der Waals surface area contributed by atoms with E-state index in [4.69, 9.17) is 23.2 Å². The van der Waals surface area contributed by atoms with Gasteiger partial charge in [-0.15, -0.1) is 0 Å². The van der Waals surface area contributed by atoms with Gasteiger partial charge in [0.05, 0.1) is 16.1 Å². The predicted octanol–water partition coefficient (Wildman–Crippen LogP) is 5.17. The fraction of sp³-hybridized carbons (Fsp3) is 0.143. The van der Waals surface area contributed by atoms with Crippen LogP contribution in [0.5, 0.6) is 0 Å². The number of benzene rings is 2. The Morgan fingerprint density at radius 1 is 1.16 bits per heavy atom. The maximum Gasteiger partial charge on any atom is 0.145 e. The topological polar surface area (TPSA) is 20.2 Å². The standard InChI is InChI=1S/C14H10BrCl2FO/c15-10-5-4-8(6-12(10)17)13(19)7-9-2-1-3-11(16)14(9)18/h1-6,13,19H,7H2. The minimum absolute atomic E-state index is 0.0542. The second-order valence-electron chi connectivity index (χ2n) is 4.11. The van der Waals surface area contributed by atoms with Gasteiger partial charge >= 0.3 is 0 Å². The summed E-state index contributed by atoms with van der Waals surface area (Å²) in [6, 6.07) is 9.87. The highest BCUT2D eigenvalue weighted by Gasteiger charge is 2.14. The first-order valence-electron chi connectivity index (χ1n) is 5.55. The van der Waals surface area contributed by atoms with E-state index in [1.807, 2.05) is 0 Å². The molecule has 0 saturated heterocycles. The second kappa shape index (κ2) is 6.23. The Labute approximate surface area is 129 Å². The zero-order valence-electron chi connectivity index (χ0n) is 9.71. The van der Waals surface area contributed by atoms with Crippen LogP contribution in [0.1, 0.15) is 17.2 Å². The van der Waals surface area contributed by atoms with E-state index in [9.17, 15) is 9.50 Å². The molecule has 0 heterocycles. The minimum atomic E-state index is -0.835. The van der Waals surface area contributed by atoms with Crippen LogP contribution < -0.4 is 0 Å². The van der Waals surface area contributed by atoms with Crippen molar-refractivity contribution in [1.29, 1.82) is 0 Å². The summed E-state index contributed by atoms with van der Waals surface area (Å²) in [5, 5.41) is 10.7. The van der Waals surface area contributed by atoms with Gasteiger partial charge in [-0.2, -0.15) is 0 Å². The highest BCUT2D eigenvalue weighted by molar-refractivity contribution is 9.10. The van der Waals surface area contributed by atoms with Crippen molar-refractivity contribution < 1.29 is 9.50 Å². The fourth-order valence-corrected chi connectivity index (χ4v) is 2.38. The summed E-state index contributed by atoms with van der Waals surface area (Å²) in [6.45, 7) is 0. The van der Waals surface area contributed by atoms with Crippen molar-refractivity contribution in [1.82, 2.24) is 0 Å². The van der Waals surface area contributed by atoms with Gasteiger partial charge in [0.2, 0.25) is 0 Å². The number of rotatable bonds is 3. The molecule has 0 amide bonds. The highest BCUT2D eigenvalue weighted by Crippen LogP contribution is 2.28. The van der Waals surface area contributed by atoms with Gasteiger partial charge in [0.15, 0.2) is 0 Å². The Morgan fingerprint density at radius 3 is 2.58 bits per heavy atom. The van der Waals surface area contributed by atoms with Crippen LogP contribution >= 0.6 is 39.1 Å². The second-order valence-corrected chi connectivity index (χ2v) is 5.78. The van der Waals surface area contributed by atoms with E-state index in [2.05, 4.69) is 15.9 Å². The average molecular weight is 364 g/mol. The van der Waals surface area contributed by atoms with E-state index in [1.165, 1.54) is 6.07 Å². The lowest BCUT2D eigenvalue weighted by Crippen LogP contribution is -2.04. The van der Waals surface area contributed by atoms with Crippen molar-refractivity contribution in [3.8, 4) is 0 Å². The molecule has 1 nitrogen and oxygen atoms in total. The Bertz CT molecular complexity index is 604. The van der Waals surface area contributed by atoms with Crippen molar-refractivity contribution in [3.05, 3.63) is 67.9 Å². The van der Waals surface area contributed by atoms with Gasteiger partial charge in [0.1, 0.15) is 5.82 Å². The summed E-state index contributed by atoms with van der Waals surface area (Å²) in [7, 11) is 0. The molecule has 2 rings (SSSR count). The third kappa shape index (κ3) is 3.48. The fourth-order valence-electron chi connectivity index (χ4n) is 1.75. The van der Waals surface area contributed by atoms with E-state index in [0.717, 1.165) is 4.47 Å². The van der Waals surface area contributed by atoms with Gasteiger partial charge in [0, 0.05) is 10.9 Å². The lowest BCUT2D eigenvalue weighted by Gasteiger charge is -2.13. The SMILES string of the molecule is OC(Cc1cccc(Cl)c1F)c1ccc(Br)c(Cl)c1. The Kier molecular flexibility index (Phi) is 4.85. The first-order valence-corrected chi connectivity index (χ1v) is 7.10. The number of aliphatic hydroxyl groups excluding tert-OH is 1. The quantitative estimate of drug-likeness (QED) is 0.797. The first-order chi connectivity index (χ1) is 8.99. The van der Waals surface area contributed by atoms with Crippen molar-refractivity contribution in [2.75, 3.05) is 0 Å². The summed E-state index contributed by atoms with van der Waals surface area (Å²) in [5.41, 5.74) is 1.01. The molecule has 1 atom stereocenters. The van der Waals surface area contributed by atoms with Crippen LogP contribution in [0.15, 0.2) is 40.9 Å². The molecule has 0 bridgehead atoms. The molecule has 1 N–H and O–H groups in total. The molecule has 0 aliphatic carbocycles. The van der Waals surface area contributed by atoms with Crippen molar-refractivity contribution in [2.24, 2.45) is 0 Å². The minimum Gasteiger partial charge on any atom is -0.388 e. The summed E-state index contributed by atoms with van der Waals surface area (Å²) < 4.78 is 14.5. The number of hydrogen-bond donors (Lipinski definition) is 1. The Morgan fingerprint density at radius 2 is 1.89 bits per heavy atom. The molecule has 0 spiro atoms. The van der Waals surface area contributed by atoms with Crippen molar-refractivity contribution in [3.63, 3.8) is 0 Å². The zero-order chi connectivity index (χ0) is 14.0. The molecular formula is C14H10BrCl2FO. The monoisotopic (exact) mass is 362 g/mol. The van der Waals surface area contributed by atoms with Gasteiger partial charge in [-0.1, -0.05) is 41.4 Å². The Balaban J connectivity index is 2.23. The molecule has 19 heavy (non-hydrogen) atoms. The van der Waals surface area contributed by atoms with Crippen molar-refractivity contribution in [2.45, 2.75) is 12.5 Å². The van der Waals surface area contributed by atoms with Crippen LogP contribution in [0, 0.1) is 5.82 Å². The molecule has 0 aromatic heterocycles. The van der Waals surface area contributed by atoms with Crippen LogP contribution in [-0.4, -0.2) is 5.11 Å². The molecule has 2 aromatic carbocycles. The number of aliphatic hydroxyl groups is 1. The van der Waals surface area contributed by atoms with E-state index < -0.39 is 11.9 Å². The van der Waals surface area contributed by atoms with Gasteiger partial charge < -0.3 is 5.11 Å². The van der Waals surface area contributed by atoms with E-state index in [-0.39, 0.29) is 11.4 Å². The molecule has 0 radical (unpaired) electrons. The normalized spacial score (nSPS) is 12.5. The summed E-state index contributed by atoms with van der Waals surface area (Å²) in [4.78, 5) is 0. The zero-order valence-corrected chi connectivity index (χ0v) is 12.8. The van der Waals surface area contributed by atoms with E-state index >= 15 is 0 Å². The maximum absolute atomic E-state index is 13.7. The van der Waals surface area contributed by atoms with Crippen LogP contribution in [0.2, 0.25) is 10.0 Å². The molecule has 0 aliphatic rings. The van der Waals surface area contributed by atoms with Gasteiger partial charge in [0.25, 0.3) is 0 Å².